The van der Waals surface area contributed by atoms with Crippen LogP contribution in [-0.2, 0) is 0 Å². The number of aliphatic hydroxyl groups is 2. The molecule has 6 nitrogen and oxygen atoms in total. The van der Waals surface area contributed by atoms with Crippen molar-refractivity contribution in [3.8, 4) is 0 Å². The van der Waals surface area contributed by atoms with E-state index < -0.39 is 12.2 Å². The first kappa shape index (κ1) is 12.9. The Labute approximate surface area is 125 Å². The molecule has 18 heavy (non-hydrogen) atoms. The average molecular weight is 399 g/mol. The van der Waals surface area contributed by atoms with Crippen molar-refractivity contribution in [1.82, 2.24) is 19.5 Å². The molecule has 3 rings (SSSR count). The Kier molecular flexibility index (Phi) is 3.39. The maximum atomic E-state index is 9.93. The van der Waals surface area contributed by atoms with Crippen molar-refractivity contribution in [3.05, 3.63) is 15.3 Å². The van der Waals surface area contributed by atoms with E-state index in [1.807, 2.05) is 22.6 Å². The van der Waals surface area contributed by atoms with Gasteiger partial charge in [-0.2, -0.15) is 0 Å². The van der Waals surface area contributed by atoms with E-state index in [2.05, 4.69) is 15.0 Å². The van der Waals surface area contributed by atoms with Gasteiger partial charge >= 0.3 is 0 Å². The maximum absolute atomic E-state index is 9.93. The van der Waals surface area contributed by atoms with Crippen LogP contribution in [0.25, 0.3) is 11.2 Å². The lowest BCUT2D eigenvalue weighted by molar-refractivity contribution is 0.0313. The molecule has 0 aliphatic carbocycles. The molecule has 0 radical (unpaired) electrons. The number of imidazole rings is 1. The van der Waals surface area contributed by atoms with Gasteiger partial charge in [0, 0.05) is 28.3 Å². The summed E-state index contributed by atoms with van der Waals surface area (Å²) in [4.78, 5) is 12.5. The van der Waals surface area contributed by atoms with E-state index >= 15 is 0 Å². The molecule has 0 bridgehead atoms. The molecule has 1 fully saturated rings. The SMILES string of the molecule is O[C@@H]1[C@H](O)CS[C@H]1n1cnc2c(Cl)nc(I)nc21. The number of hydrogen-bond donors (Lipinski definition) is 2. The van der Waals surface area contributed by atoms with Crippen molar-refractivity contribution in [2.75, 3.05) is 5.75 Å². The number of aromatic nitrogens is 4. The number of halogens is 2. The number of hydrogen-bond acceptors (Lipinski definition) is 6. The van der Waals surface area contributed by atoms with Gasteiger partial charge in [-0.25, -0.2) is 15.0 Å². The van der Waals surface area contributed by atoms with Gasteiger partial charge in [0.15, 0.2) is 14.6 Å². The molecule has 2 aromatic heterocycles. The van der Waals surface area contributed by atoms with Crippen molar-refractivity contribution in [3.63, 3.8) is 0 Å². The van der Waals surface area contributed by atoms with Crippen molar-refractivity contribution in [2.45, 2.75) is 17.6 Å². The molecule has 0 saturated carbocycles. The van der Waals surface area contributed by atoms with Gasteiger partial charge in [-0.3, -0.25) is 4.57 Å². The van der Waals surface area contributed by atoms with E-state index in [0.717, 1.165) is 0 Å². The highest BCUT2D eigenvalue weighted by Crippen LogP contribution is 2.38. The second-order valence-electron chi connectivity index (χ2n) is 3.89. The normalized spacial score (nSPS) is 28.1. The smallest absolute Gasteiger partial charge is 0.194 e. The van der Waals surface area contributed by atoms with Gasteiger partial charge in [-0.05, 0) is 0 Å². The van der Waals surface area contributed by atoms with E-state index in [4.69, 9.17) is 11.6 Å². The van der Waals surface area contributed by atoms with Crippen LogP contribution in [0.2, 0.25) is 5.15 Å². The number of nitrogens with zero attached hydrogens (tertiary/aromatic N) is 4. The summed E-state index contributed by atoms with van der Waals surface area (Å²) in [5.41, 5.74) is 1.08. The highest BCUT2D eigenvalue weighted by Gasteiger charge is 2.36. The van der Waals surface area contributed by atoms with E-state index in [1.54, 1.807) is 10.9 Å². The summed E-state index contributed by atoms with van der Waals surface area (Å²) >= 11 is 9.43. The maximum Gasteiger partial charge on any atom is 0.194 e. The summed E-state index contributed by atoms with van der Waals surface area (Å²) in [6.07, 6.45) is 0.00730. The molecule has 0 unspecified atom stereocenters. The zero-order valence-corrected chi connectivity index (χ0v) is 12.6. The summed E-state index contributed by atoms with van der Waals surface area (Å²) in [6, 6.07) is 0. The largest absolute Gasteiger partial charge is 0.389 e. The Morgan fingerprint density at radius 2 is 2.22 bits per heavy atom. The van der Waals surface area contributed by atoms with E-state index in [0.29, 0.717) is 25.9 Å². The van der Waals surface area contributed by atoms with Gasteiger partial charge in [0.05, 0.1) is 12.4 Å². The molecule has 0 spiro atoms. The molecule has 1 saturated heterocycles. The van der Waals surface area contributed by atoms with Crippen LogP contribution >= 0.6 is 46.0 Å². The van der Waals surface area contributed by atoms with Crippen LogP contribution < -0.4 is 0 Å². The molecule has 0 amide bonds. The molecular weight excluding hydrogens is 391 g/mol. The van der Waals surface area contributed by atoms with E-state index in [1.165, 1.54) is 11.8 Å². The quantitative estimate of drug-likeness (QED) is 0.424. The van der Waals surface area contributed by atoms with Crippen LogP contribution in [0.15, 0.2) is 6.33 Å². The molecule has 2 N–H and O–H groups in total. The Morgan fingerprint density at radius 1 is 1.44 bits per heavy atom. The van der Waals surface area contributed by atoms with Gasteiger partial charge in [0.2, 0.25) is 0 Å². The predicted octanol–water partition coefficient (Wildman–Crippen LogP) is 1.05. The van der Waals surface area contributed by atoms with E-state index in [9.17, 15) is 10.2 Å². The van der Waals surface area contributed by atoms with Crippen LogP contribution in [0.5, 0.6) is 0 Å². The second kappa shape index (κ2) is 4.75. The van der Waals surface area contributed by atoms with Crippen LogP contribution in [-0.4, -0.2) is 47.7 Å². The minimum absolute atomic E-state index is 0.293. The van der Waals surface area contributed by atoms with Gasteiger partial charge < -0.3 is 10.2 Å². The molecule has 9 heteroatoms. The lowest BCUT2D eigenvalue weighted by atomic mass is 10.2. The third-order valence-electron chi connectivity index (χ3n) is 2.75. The van der Waals surface area contributed by atoms with Crippen LogP contribution in [0, 0.1) is 3.83 Å². The lowest BCUT2D eigenvalue weighted by Gasteiger charge is -2.17. The Balaban J connectivity index is 2.13. The number of rotatable bonds is 1. The molecule has 1 aliphatic heterocycles. The minimum Gasteiger partial charge on any atom is -0.389 e. The second-order valence-corrected chi connectivity index (χ2v) is 6.36. The zero-order chi connectivity index (χ0) is 12.9. The van der Waals surface area contributed by atoms with Crippen molar-refractivity contribution >= 4 is 57.1 Å². The fourth-order valence-electron chi connectivity index (χ4n) is 1.87. The first-order valence-corrected chi connectivity index (χ1v) is 7.62. The molecule has 3 atom stereocenters. The molecule has 3 heterocycles. The van der Waals surface area contributed by atoms with Gasteiger partial charge in [0.25, 0.3) is 0 Å². The first-order chi connectivity index (χ1) is 8.58. The Hall–Kier alpha value is -0.160. The summed E-state index contributed by atoms with van der Waals surface area (Å²) in [5.74, 6) is 0.488. The minimum atomic E-state index is -0.834. The highest BCUT2D eigenvalue weighted by atomic mass is 127. The molecule has 1 aliphatic rings. The Morgan fingerprint density at radius 3 is 2.89 bits per heavy atom. The number of thioether (sulfide) groups is 1. The van der Waals surface area contributed by atoms with Crippen molar-refractivity contribution < 1.29 is 10.2 Å². The van der Waals surface area contributed by atoms with Gasteiger partial charge in [0.1, 0.15) is 17.0 Å². The van der Waals surface area contributed by atoms with Crippen molar-refractivity contribution in [1.29, 1.82) is 0 Å². The summed E-state index contributed by atoms with van der Waals surface area (Å²) in [5, 5.41) is 19.5. The first-order valence-electron chi connectivity index (χ1n) is 5.11. The fourth-order valence-corrected chi connectivity index (χ4v) is 3.98. The summed E-state index contributed by atoms with van der Waals surface area (Å²) in [6.45, 7) is 0. The van der Waals surface area contributed by atoms with Crippen LogP contribution in [0.1, 0.15) is 5.37 Å². The summed E-state index contributed by atoms with van der Waals surface area (Å²) < 4.78 is 2.25. The fraction of sp³-hybridized carbons (Fsp3) is 0.444. The highest BCUT2D eigenvalue weighted by molar-refractivity contribution is 14.1. The standard InChI is InChI=1S/C9H8ClIN4O2S/c10-6-4-7(14-9(11)13-6)15(2-12-4)8-5(17)3(16)1-18-8/h2-3,5,8,16-17H,1H2/t3-,5-,8-/m1/s1. The zero-order valence-electron chi connectivity index (χ0n) is 8.86. The third kappa shape index (κ3) is 1.99. The summed E-state index contributed by atoms with van der Waals surface area (Å²) in [7, 11) is 0. The monoisotopic (exact) mass is 398 g/mol. The predicted molar refractivity (Wildman–Crippen MR) is 76.6 cm³/mol. The van der Waals surface area contributed by atoms with Gasteiger partial charge in [-0.15, -0.1) is 11.8 Å². The lowest BCUT2D eigenvalue weighted by Crippen LogP contribution is -2.27. The van der Waals surface area contributed by atoms with Gasteiger partial charge in [-0.1, -0.05) is 11.6 Å². The molecular formula is C9H8ClIN4O2S. The molecule has 96 valence electrons. The Bertz CT molecular complexity index is 610. The molecule has 2 aromatic rings. The third-order valence-corrected chi connectivity index (χ3v) is 4.88. The topological polar surface area (TPSA) is 84.1 Å². The number of aliphatic hydroxyl groups excluding tert-OH is 2. The number of fused-ring (bicyclic) bond motifs is 1. The molecule has 0 aromatic carbocycles. The van der Waals surface area contributed by atoms with Crippen LogP contribution in [0.4, 0.5) is 0 Å². The average Bonchev–Trinajstić information content (AvgIpc) is 2.85. The van der Waals surface area contributed by atoms with E-state index in [-0.39, 0.29) is 5.37 Å². The van der Waals surface area contributed by atoms with Crippen LogP contribution in [0.3, 0.4) is 0 Å². The van der Waals surface area contributed by atoms with Crippen molar-refractivity contribution in [2.24, 2.45) is 0 Å².